The molecule has 0 saturated heterocycles. The third kappa shape index (κ3) is 1.77. The smallest absolute Gasteiger partial charge is 0.0902 e. The van der Waals surface area contributed by atoms with Crippen LogP contribution in [0.25, 0.3) is 0 Å². The standard InChI is InChI=1S/C8H11N3/c1-6-3-4-7(9)5-8(6)11-10-2/h3-5H,9H2,1-2H3. The highest BCUT2D eigenvalue weighted by molar-refractivity contribution is 5.55. The molecule has 0 aliphatic carbocycles. The molecule has 58 valence electrons. The van der Waals surface area contributed by atoms with Crippen molar-refractivity contribution in [3.8, 4) is 0 Å². The topological polar surface area (TPSA) is 50.7 Å². The molecule has 0 aliphatic rings. The number of benzene rings is 1. The monoisotopic (exact) mass is 149 g/mol. The molecule has 2 N–H and O–H groups in total. The lowest BCUT2D eigenvalue weighted by Gasteiger charge is -1.98. The summed E-state index contributed by atoms with van der Waals surface area (Å²) in [6.45, 7) is 1.98. The lowest BCUT2D eigenvalue weighted by Crippen LogP contribution is -1.83. The van der Waals surface area contributed by atoms with E-state index in [0.717, 1.165) is 16.9 Å². The molecule has 0 bridgehead atoms. The van der Waals surface area contributed by atoms with Gasteiger partial charge in [-0.05, 0) is 24.6 Å². The Balaban J connectivity index is 3.12. The van der Waals surface area contributed by atoms with Crippen molar-refractivity contribution in [3.05, 3.63) is 23.8 Å². The molecular weight excluding hydrogens is 138 g/mol. The zero-order chi connectivity index (χ0) is 8.27. The normalized spacial score (nSPS) is 10.7. The highest BCUT2D eigenvalue weighted by atomic mass is 15.1. The maximum Gasteiger partial charge on any atom is 0.0902 e. The lowest BCUT2D eigenvalue weighted by molar-refractivity contribution is 1.15. The lowest BCUT2D eigenvalue weighted by atomic mass is 10.2. The van der Waals surface area contributed by atoms with E-state index in [1.807, 2.05) is 25.1 Å². The first kappa shape index (κ1) is 7.72. The van der Waals surface area contributed by atoms with Gasteiger partial charge in [0.1, 0.15) is 0 Å². The van der Waals surface area contributed by atoms with E-state index in [-0.39, 0.29) is 0 Å². The molecule has 11 heavy (non-hydrogen) atoms. The fourth-order valence-electron chi connectivity index (χ4n) is 0.842. The average Bonchev–Trinajstić information content (AvgIpc) is 1.98. The van der Waals surface area contributed by atoms with Crippen molar-refractivity contribution >= 4 is 11.4 Å². The van der Waals surface area contributed by atoms with Gasteiger partial charge in [0.25, 0.3) is 0 Å². The third-order valence-electron chi connectivity index (χ3n) is 1.44. The molecule has 0 aliphatic heterocycles. The number of nitrogens with two attached hydrogens (primary N) is 1. The van der Waals surface area contributed by atoms with Gasteiger partial charge in [-0.25, -0.2) is 0 Å². The number of hydrogen-bond donors (Lipinski definition) is 1. The van der Waals surface area contributed by atoms with Crippen molar-refractivity contribution in [2.24, 2.45) is 10.2 Å². The summed E-state index contributed by atoms with van der Waals surface area (Å²) in [6.07, 6.45) is 0. The van der Waals surface area contributed by atoms with Gasteiger partial charge >= 0.3 is 0 Å². The number of rotatable bonds is 1. The summed E-state index contributed by atoms with van der Waals surface area (Å²) in [6, 6.07) is 5.59. The molecule has 0 heterocycles. The van der Waals surface area contributed by atoms with Gasteiger partial charge < -0.3 is 5.73 Å². The molecule has 0 fully saturated rings. The SMILES string of the molecule is CN=Nc1cc(N)ccc1C. The van der Waals surface area contributed by atoms with Crippen molar-refractivity contribution in [2.75, 3.05) is 12.8 Å². The zero-order valence-electron chi connectivity index (χ0n) is 6.70. The minimum Gasteiger partial charge on any atom is -0.399 e. The molecule has 0 aromatic heterocycles. The first-order valence-electron chi connectivity index (χ1n) is 3.40. The number of aryl methyl sites for hydroxylation is 1. The van der Waals surface area contributed by atoms with Crippen molar-refractivity contribution in [3.63, 3.8) is 0 Å². The van der Waals surface area contributed by atoms with E-state index in [9.17, 15) is 0 Å². The molecule has 0 saturated carbocycles. The van der Waals surface area contributed by atoms with Crippen molar-refractivity contribution in [1.29, 1.82) is 0 Å². The number of azo groups is 1. The van der Waals surface area contributed by atoms with Gasteiger partial charge in [-0.2, -0.15) is 10.2 Å². The van der Waals surface area contributed by atoms with Crippen LogP contribution >= 0.6 is 0 Å². The Morgan fingerprint density at radius 1 is 1.36 bits per heavy atom. The number of anilines is 1. The van der Waals surface area contributed by atoms with E-state index < -0.39 is 0 Å². The van der Waals surface area contributed by atoms with Crippen LogP contribution in [0.2, 0.25) is 0 Å². The van der Waals surface area contributed by atoms with Crippen LogP contribution in [0.1, 0.15) is 5.56 Å². The molecule has 3 nitrogen and oxygen atoms in total. The van der Waals surface area contributed by atoms with Gasteiger partial charge in [0.15, 0.2) is 0 Å². The number of nitrogens with zero attached hydrogens (tertiary/aromatic N) is 2. The van der Waals surface area contributed by atoms with Gasteiger partial charge in [-0.3, -0.25) is 0 Å². The van der Waals surface area contributed by atoms with Crippen LogP contribution in [0, 0.1) is 6.92 Å². The maximum absolute atomic E-state index is 5.56. The third-order valence-corrected chi connectivity index (χ3v) is 1.44. The second kappa shape index (κ2) is 3.14. The van der Waals surface area contributed by atoms with Gasteiger partial charge in [-0.1, -0.05) is 6.07 Å². The summed E-state index contributed by atoms with van der Waals surface area (Å²) in [7, 11) is 1.64. The van der Waals surface area contributed by atoms with Gasteiger partial charge in [0.2, 0.25) is 0 Å². The van der Waals surface area contributed by atoms with E-state index in [1.165, 1.54) is 0 Å². The van der Waals surface area contributed by atoms with Gasteiger partial charge in [-0.15, -0.1) is 0 Å². The molecule has 0 spiro atoms. The van der Waals surface area contributed by atoms with Crippen molar-refractivity contribution < 1.29 is 0 Å². The summed E-state index contributed by atoms with van der Waals surface area (Å²) >= 11 is 0. The molecule has 0 atom stereocenters. The molecule has 0 radical (unpaired) electrons. The fraction of sp³-hybridized carbons (Fsp3) is 0.250. The summed E-state index contributed by atoms with van der Waals surface area (Å²) in [4.78, 5) is 0. The maximum atomic E-state index is 5.56. The van der Waals surface area contributed by atoms with E-state index >= 15 is 0 Å². The Labute approximate surface area is 65.9 Å². The average molecular weight is 149 g/mol. The van der Waals surface area contributed by atoms with E-state index in [0.29, 0.717) is 0 Å². The number of hydrogen-bond acceptors (Lipinski definition) is 3. The highest BCUT2D eigenvalue weighted by Gasteiger charge is 1.95. The van der Waals surface area contributed by atoms with Crippen LogP contribution in [0.3, 0.4) is 0 Å². The summed E-state index contributed by atoms with van der Waals surface area (Å²) in [5.41, 5.74) is 8.20. The first-order valence-corrected chi connectivity index (χ1v) is 3.40. The summed E-state index contributed by atoms with van der Waals surface area (Å²) < 4.78 is 0. The Hall–Kier alpha value is -1.38. The minimum atomic E-state index is 0.720. The van der Waals surface area contributed by atoms with Crippen LogP contribution in [-0.4, -0.2) is 7.05 Å². The van der Waals surface area contributed by atoms with Gasteiger partial charge in [0.05, 0.1) is 5.69 Å². The van der Waals surface area contributed by atoms with Crippen LogP contribution in [-0.2, 0) is 0 Å². The van der Waals surface area contributed by atoms with Gasteiger partial charge in [0, 0.05) is 12.7 Å². The molecule has 0 amide bonds. The number of nitrogen functional groups attached to an aromatic ring is 1. The Morgan fingerprint density at radius 3 is 2.73 bits per heavy atom. The predicted molar refractivity (Wildman–Crippen MR) is 46.0 cm³/mol. The quantitative estimate of drug-likeness (QED) is 0.483. The Kier molecular flexibility index (Phi) is 2.21. The van der Waals surface area contributed by atoms with E-state index in [1.54, 1.807) is 7.05 Å². The molecule has 1 aromatic carbocycles. The second-order valence-electron chi connectivity index (χ2n) is 2.35. The van der Waals surface area contributed by atoms with Crippen molar-refractivity contribution in [1.82, 2.24) is 0 Å². The molecular formula is C8H11N3. The highest BCUT2D eigenvalue weighted by Crippen LogP contribution is 2.21. The van der Waals surface area contributed by atoms with Crippen LogP contribution in [0.5, 0.6) is 0 Å². The first-order chi connectivity index (χ1) is 5.24. The minimum absolute atomic E-state index is 0.720. The second-order valence-corrected chi connectivity index (χ2v) is 2.35. The van der Waals surface area contributed by atoms with Crippen LogP contribution < -0.4 is 5.73 Å². The molecule has 3 heteroatoms. The largest absolute Gasteiger partial charge is 0.399 e. The Morgan fingerprint density at radius 2 is 2.09 bits per heavy atom. The van der Waals surface area contributed by atoms with E-state index in [4.69, 9.17) is 5.73 Å². The summed E-state index contributed by atoms with van der Waals surface area (Å²) in [5, 5.41) is 7.59. The Bertz CT molecular complexity index is 279. The van der Waals surface area contributed by atoms with Crippen LogP contribution in [0.15, 0.2) is 28.4 Å². The van der Waals surface area contributed by atoms with Crippen molar-refractivity contribution in [2.45, 2.75) is 6.92 Å². The molecule has 1 rings (SSSR count). The van der Waals surface area contributed by atoms with E-state index in [2.05, 4.69) is 10.2 Å². The molecule has 0 unspecified atom stereocenters. The molecule has 1 aromatic rings. The summed E-state index contributed by atoms with van der Waals surface area (Å²) in [5.74, 6) is 0. The zero-order valence-corrected chi connectivity index (χ0v) is 6.70. The fourth-order valence-corrected chi connectivity index (χ4v) is 0.842. The van der Waals surface area contributed by atoms with Crippen LogP contribution in [0.4, 0.5) is 11.4 Å². The predicted octanol–water partition coefficient (Wildman–Crippen LogP) is 2.29.